The first-order chi connectivity index (χ1) is 10.8. The third-order valence-electron chi connectivity index (χ3n) is 4.68. The van der Waals surface area contributed by atoms with Crippen molar-refractivity contribution in [3.63, 3.8) is 0 Å². The van der Waals surface area contributed by atoms with Crippen molar-refractivity contribution in [3.05, 3.63) is 24.3 Å². The number of benzene rings is 1. The Hall–Kier alpha value is -1.17. The van der Waals surface area contributed by atoms with Crippen molar-refractivity contribution in [2.75, 3.05) is 51.3 Å². The minimum Gasteiger partial charge on any atom is -0.495 e. The summed E-state index contributed by atoms with van der Waals surface area (Å²) in [4.78, 5) is 16.7. The average molecular weight is 376 g/mol. The van der Waals surface area contributed by atoms with Gasteiger partial charge in [0.1, 0.15) is 5.75 Å². The lowest BCUT2D eigenvalue weighted by atomic mass is 10.0. The maximum Gasteiger partial charge on any atom is 0.223 e. The summed E-state index contributed by atoms with van der Waals surface area (Å²) >= 11 is 0. The molecule has 7 heteroatoms. The molecule has 2 saturated heterocycles. The standard InChI is InChI=1S/C17H25N3O2.2ClH/c1-22-16-5-3-2-4-15(16)19-8-10-20(11-9-19)17(21)12-14-6-7-18-13-14;;/h2-5,14,18H,6-13H2,1H3;2*1H. The zero-order valence-electron chi connectivity index (χ0n) is 14.1. The van der Waals surface area contributed by atoms with E-state index >= 15 is 0 Å². The third-order valence-corrected chi connectivity index (χ3v) is 4.68. The van der Waals surface area contributed by atoms with Crippen molar-refractivity contribution in [1.29, 1.82) is 0 Å². The first kappa shape index (κ1) is 20.9. The van der Waals surface area contributed by atoms with Gasteiger partial charge in [0.15, 0.2) is 0 Å². The fourth-order valence-corrected chi connectivity index (χ4v) is 3.35. The largest absolute Gasteiger partial charge is 0.495 e. The van der Waals surface area contributed by atoms with E-state index in [1.807, 2.05) is 23.1 Å². The average Bonchev–Trinajstić information content (AvgIpc) is 3.08. The van der Waals surface area contributed by atoms with Gasteiger partial charge in [-0.1, -0.05) is 12.1 Å². The molecule has 3 rings (SSSR count). The molecule has 2 heterocycles. The molecule has 0 aliphatic carbocycles. The topological polar surface area (TPSA) is 44.8 Å². The lowest BCUT2D eigenvalue weighted by Crippen LogP contribution is -2.49. The summed E-state index contributed by atoms with van der Waals surface area (Å²) < 4.78 is 5.43. The van der Waals surface area contributed by atoms with Crippen LogP contribution in [0.4, 0.5) is 5.69 Å². The fraction of sp³-hybridized carbons (Fsp3) is 0.588. The summed E-state index contributed by atoms with van der Waals surface area (Å²) in [5.74, 6) is 1.74. The second-order valence-electron chi connectivity index (χ2n) is 6.10. The van der Waals surface area contributed by atoms with Crippen LogP contribution in [-0.4, -0.2) is 57.2 Å². The molecule has 2 fully saturated rings. The van der Waals surface area contributed by atoms with Crippen molar-refractivity contribution >= 4 is 36.4 Å². The molecule has 1 unspecified atom stereocenters. The summed E-state index contributed by atoms with van der Waals surface area (Å²) in [6, 6.07) is 8.08. The normalized spacial score (nSPS) is 20.1. The Balaban J connectivity index is 0.00000144. The van der Waals surface area contributed by atoms with Crippen LogP contribution >= 0.6 is 24.8 Å². The second-order valence-corrected chi connectivity index (χ2v) is 6.10. The van der Waals surface area contributed by atoms with E-state index < -0.39 is 0 Å². The third kappa shape index (κ3) is 4.91. The van der Waals surface area contributed by atoms with Crippen molar-refractivity contribution in [2.45, 2.75) is 12.8 Å². The summed E-state index contributed by atoms with van der Waals surface area (Å²) in [6.07, 6.45) is 1.83. The highest BCUT2D eigenvalue weighted by atomic mass is 35.5. The molecule has 0 bridgehead atoms. The van der Waals surface area contributed by atoms with Crippen LogP contribution in [0.3, 0.4) is 0 Å². The highest BCUT2D eigenvalue weighted by molar-refractivity contribution is 5.85. The molecular weight excluding hydrogens is 349 g/mol. The number of hydrogen-bond acceptors (Lipinski definition) is 4. The van der Waals surface area contributed by atoms with Gasteiger partial charge >= 0.3 is 0 Å². The number of rotatable bonds is 4. The van der Waals surface area contributed by atoms with E-state index in [0.717, 1.165) is 57.1 Å². The molecule has 1 aromatic rings. The minimum absolute atomic E-state index is 0. The number of carbonyl (C=O) groups is 1. The van der Waals surface area contributed by atoms with Crippen molar-refractivity contribution in [1.82, 2.24) is 10.2 Å². The van der Waals surface area contributed by atoms with Crippen molar-refractivity contribution in [3.8, 4) is 5.75 Å². The monoisotopic (exact) mass is 375 g/mol. The maximum atomic E-state index is 12.4. The van der Waals surface area contributed by atoms with Crippen LogP contribution in [0.1, 0.15) is 12.8 Å². The Bertz CT molecular complexity index is 516. The number of carbonyl (C=O) groups excluding carboxylic acids is 1. The number of amides is 1. The van der Waals surface area contributed by atoms with Gasteiger partial charge in [-0.25, -0.2) is 0 Å². The Kier molecular flexibility index (Phi) is 8.67. The molecule has 1 amide bonds. The van der Waals surface area contributed by atoms with Crippen LogP contribution < -0.4 is 15.0 Å². The van der Waals surface area contributed by atoms with Crippen LogP contribution in [0.2, 0.25) is 0 Å². The molecule has 0 saturated carbocycles. The quantitative estimate of drug-likeness (QED) is 0.875. The van der Waals surface area contributed by atoms with Gasteiger partial charge in [0.05, 0.1) is 12.8 Å². The molecule has 0 radical (unpaired) electrons. The van der Waals surface area contributed by atoms with Gasteiger partial charge in [0.2, 0.25) is 5.91 Å². The van der Waals surface area contributed by atoms with Crippen molar-refractivity contribution in [2.24, 2.45) is 5.92 Å². The second kappa shape index (κ2) is 9.97. The number of halogens is 2. The molecule has 24 heavy (non-hydrogen) atoms. The SMILES string of the molecule is COc1ccccc1N1CCN(C(=O)CC2CCNC2)CC1.Cl.Cl. The molecule has 5 nitrogen and oxygen atoms in total. The predicted molar refractivity (Wildman–Crippen MR) is 102 cm³/mol. The fourth-order valence-electron chi connectivity index (χ4n) is 3.35. The van der Waals surface area contributed by atoms with E-state index in [0.29, 0.717) is 18.2 Å². The number of hydrogen-bond donors (Lipinski definition) is 1. The highest BCUT2D eigenvalue weighted by Crippen LogP contribution is 2.28. The van der Waals surface area contributed by atoms with Gasteiger partial charge in [-0.15, -0.1) is 24.8 Å². The van der Waals surface area contributed by atoms with E-state index in [9.17, 15) is 4.79 Å². The van der Waals surface area contributed by atoms with Crippen LogP contribution in [0.15, 0.2) is 24.3 Å². The Morgan fingerprint density at radius 3 is 2.54 bits per heavy atom. The van der Waals surface area contributed by atoms with Crippen LogP contribution in [0.25, 0.3) is 0 Å². The van der Waals surface area contributed by atoms with E-state index in [2.05, 4.69) is 16.3 Å². The number of anilines is 1. The zero-order chi connectivity index (χ0) is 15.4. The number of methoxy groups -OCH3 is 1. The number of piperazine rings is 1. The zero-order valence-corrected chi connectivity index (χ0v) is 15.7. The first-order valence-corrected chi connectivity index (χ1v) is 8.14. The molecule has 0 spiro atoms. The number of para-hydroxylation sites is 2. The summed E-state index contributed by atoms with van der Waals surface area (Å²) in [5, 5.41) is 3.33. The van der Waals surface area contributed by atoms with E-state index in [1.54, 1.807) is 7.11 Å². The van der Waals surface area contributed by atoms with E-state index in [1.165, 1.54) is 0 Å². The smallest absolute Gasteiger partial charge is 0.223 e. The molecule has 2 aliphatic heterocycles. The number of nitrogens with zero attached hydrogens (tertiary/aromatic N) is 2. The molecule has 0 aromatic heterocycles. The lowest BCUT2D eigenvalue weighted by molar-refractivity contribution is -0.132. The summed E-state index contributed by atoms with van der Waals surface area (Å²) in [7, 11) is 1.70. The highest BCUT2D eigenvalue weighted by Gasteiger charge is 2.25. The van der Waals surface area contributed by atoms with E-state index in [4.69, 9.17) is 4.74 Å². The number of nitrogens with one attached hydrogen (secondary N) is 1. The minimum atomic E-state index is 0. The van der Waals surface area contributed by atoms with Crippen LogP contribution in [-0.2, 0) is 4.79 Å². The summed E-state index contributed by atoms with van der Waals surface area (Å²) in [5.41, 5.74) is 1.12. The Morgan fingerprint density at radius 2 is 1.92 bits per heavy atom. The maximum absolute atomic E-state index is 12.4. The van der Waals surface area contributed by atoms with Gasteiger partial charge in [0, 0.05) is 32.6 Å². The lowest BCUT2D eigenvalue weighted by Gasteiger charge is -2.37. The van der Waals surface area contributed by atoms with Crippen LogP contribution in [0.5, 0.6) is 5.75 Å². The molecule has 1 atom stereocenters. The Labute approximate surface area is 156 Å². The first-order valence-electron chi connectivity index (χ1n) is 8.14. The predicted octanol–water partition coefficient (Wildman–Crippen LogP) is 2.19. The van der Waals surface area contributed by atoms with Gasteiger partial charge in [-0.3, -0.25) is 4.79 Å². The molecule has 1 N–H and O–H groups in total. The van der Waals surface area contributed by atoms with Gasteiger partial charge in [-0.2, -0.15) is 0 Å². The molecular formula is C17H27Cl2N3O2. The van der Waals surface area contributed by atoms with Gasteiger partial charge < -0.3 is 19.9 Å². The van der Waals surface area contributed by atoms with Crippen LogP contribution in [0, 0.1) is 5.92 Å². The molecule has 136 valence electrons. The van der Waals surface area contributed by atoms with Gasteiger partial charge in [0.25, 0.3) is 0 Å². The Morgan fingerprint density at radius 1 is 1.21 bits per heavy atom. The molecule has 1 aromatic carbocycles. The van der Waals surface area contributed by atoms with E-state index in [-0.39, 0.29) is 24.8 Å². The van der Waals surface area contributed by atoms with Crippen molar-refractivity contribution < 1.29 is 9.53 Å². The summed E-state index contributed by atoms with van der Waals surface area (Å²) in [6.45, 7) is 5.39. The number of ether oxygens (including phenoxy) is 1. The van der Waals surface area contributed by atoms with Gasteiger partial charge in [-0.05, 0) is 37.6 Å². The molecule has 2 aliphatic rings.